The fraction of sp³-hybridized carbons (Fsp3) is 0.148. The lowest BCUT2D eigenvalue weighted by atomic mass is 10.0. The highest BCUT2D eigenvalue weighted by molar-refractivity contribution is 7.99. The first-order valence-electron chi connectivity index (χ1n) is 11.4. The number of benzene rings is 3. The molecule has 5 aromatic rings. The van der Waals surface area contributed by atoms with E-state index >= 15 is 0 Å². The molecular formula is C27H21FN4O2S. The molecule has 3 aromatic carbocycles. The maximum absolute atomic E-state index is 14.8. The summed E-state index contributed by atoms with van der Waals surface area (Å²) in [6.07, 6.45) is 1.84. The number of H-pyrrole nitrogens is 1. The van der Waals surface area contributed by atoms with E-state index in [9.17, 15) is 14.0 Å². The smallest absolute Gasteiger partial charge is 0.283 e. The van der Waals surface area contributed by atoms with Crippen LogP contribution < -0.4 is 10.5 Å². The molecule has 1 amide bonds. The summed E-state index contributed by atoms with van der Waals surface area (Å²) in [7, 11) is 0. The van der Waals surface area contributed by atoms with E-state index in [0.29, 0.717) is 17.6 Å². The van der Waals surface area contributed by atoms with Crippen LogP contribution in [-0.2, 0) is 11.2 Å². The normalized spacial score (nSPS) is 13.3. The number of amides is 1. The van der Waals surface area contributed by atoms with Gasteiger partial charge in [-0.1, -0.05) is 60.3 Å². The first-order chi connectivity index (χ1) is 17.1. The molecule has 3 heterocycles. The van der Waals surface area contributed by atoms with Crippen LogP contribution in [-0.4, -0.2) is 32.7 Å². The van der Waals surface area contributed by atoms with Crippen LogP contribution >= 0.6 is 11.8 Å². The number of carbonyl (C=O) groups is 1. The van der Waals surface area contributed by atoms with E-state index in [1.54, 1.807) is 23.1 Å². The van der Waals surface area contributed by atoms with E-state index in [-0.39, 0.29) is 22.5 Å². The van der Waals surface area contributed by atoms with Crippen molar-refractivity contribution < 1.29 is 9.18 Å². The Hall–Kier alpha value is -3.91. The molecule has 35 heavy (non-hydrogen) atoms. The Morgan fingerprint density at radius 1 is 1.00 bits per heavy atom. The molecule has 0 atom stereocenters. The minimum absolute atomic E-state index is 0.0725. The van der Waals surface area contributed by atoms with Crippen molar-refractivity contribution in [2.75, 3.05) is 17.2 Å². The predicted octanol–water partition coefficient (Wildman–Crippen LogP) is 5.08. The van der Waals surface area contributed by atoms with Gasteiger partial charge in [-0.05, 0) is 42.7 Å². The average molecular weight is 485 g/mol. The Balaban J connectivity index is 1.44. The predicted molar refractivity (Wildman–Crippen MR) is 137 cm³/mol. The molecule has 0 fully saturated rings. The molecule has 0 saturated heterocycles. The molecular weight excluding hydrogens is 463 g/mol. The summed E-state index contributed by atoms with van der Waals surface area (Å²) < 4.78 is 16.1. The standard InChI is InChI=1S/C27H21FN4O2S/c28-19-11-3-6-14-22(19)32-26(34)25-24(18-10-2-4-12-20(18)29-25)30-27(32)35-16-23(33)31-15-7-9-17-8-1-5-13-21(17)31/h1-6,8,10-14,29H,7,9,15-16H2. The van der Waals surface area contributed by atoms with Gasteiger partial charge in [-0.2, -0.15) is 0 Å². The van der Waals surface area contributed by atoms with E-state index in [0.717, 1.165) is 46.8 Å². The van der Waals surface area contributed by atoms with E-state index in [1.807, 2.05) is 48.5 Å². The first kappa shape index (κ1) is 21.6. The summed E-state index contributed by atoms with van der Waals surface area (Å²) in [5.74, 6) is -0.538. The van der Waals surface area contributed by atoms with Gasteiger partial charge in [0.1, 0.15) is 16.9 Å². The Labute approximate surface area is 204 Å². The van der Waals surface area contributed by atoms with Crippen LogP contribution in [0.15, 0.2) is 82.7 Å². The van der Waals surface area contributed by atoms with E-state index in [1.165, 1.54) is 10.6 Å². The Morgan fingerprint density at radius 3 is 2.60 bits per heavy atom. The topological polar surface area (TPSA) is 71.0 Å². The molecule has 174 valence electrons. The van der Waals surface area contributed by atoms with Gasteiger partial charge in [-0.3, -0.25) is 14.2 Å². The summed E-state index contributed by atoms with van der Waals surface area (Å²) in [6.45, 7) is 0.644. The van der Waals surface area contributed by atoms with Crippen LogP contribution in [0.3, 0.4) is 0 Å². The van der Waals surface area contributed by atoms with Gasteiger partial charge in [-0.25, -0.2) is 9.37 Å². The van der Waals surface area contributed by atoms with Crippen molar-refractivity contribution in [1.82, 2.24) is 14.5 Å². The number of hydrogen-bond acceptors (Lipinski definition) is 4. The van der Waals surface area contributed by atoms with Crippen LogP contribution in [0.1, 0.15) is 12.0 Å². The molecule has 2 aromatic heterocycles. The summed E-state index contributed by atoms with van der Waals surface area (Å²) in [5, 5.41) is 1.08. The number of anilines is 1. The van der Waals surface area contributed by atoms with E-state index < -0.39 is 11.4 Å². The van der Waals surface area contributed by atoms with Crippen molar-refractivity contribution in [2.45, 2.75) is 18.0 Å². The molecule has 0 aliphatic carbocycles. The lowest BCUT2D eigenvalue weighted by molar-refractivity contribution is -0.116. The molecule has 6 nitrogen and oxygen atoms in total. The van der Waals surface area contributed by atoms with Crippen LogP contribution in [0.2, 0.25) is 0 Å². The van der Waals surface area contributed by atoms with Crippen molar-refractivity contribution in [3.05, 3.63) is 94.5 Å². The monoisotopic (exact) mass is 484 g/mol. The number of aryl methyl sites for hydroxylation is 1. The molecule has 0 unspecified atom stereocenters. The lowest BCUT2D eigenvalue weighted by Crippen LogP contribution is -2.36. The third-order valence-corrected chi connectivity index (χ3v) is 7.25. The zero-order valence-corrected chi connectivity index (χ0v) is 19.5. The Bertz CT molecular complexity index is 1660. The summed E-state index contributed by atoms with van der Waals surface area (Å²) in [6, 6.07) is 21.5. The number of hydrogen-bond donors (Lipinski definition) is 1. The summed E-state index contributed by atoms with van der Waals surface area (Å²) >= 11 is 1.15. The highest BCUT2D eigenvalue weighted by Crippen LogP contribution is 2.30. The van der Waals surface area contributed by atoms with E-state index in [4.69, 9.17) is 4.98 Å². The SMILES string of the molecule is O=C(CSc1nc2c([nH]c3ccccc32)c(=O)n1-c1ccccc1F)N1CCCc2ccccc21. The van der Waals surface area contributed by atoms with E-state index in [2.05, 4.69) is 4.98 Å². The number of aromatic amines is 1. The Kier molecular flexibility index (Phi) is 5.37. The van der Waals surface area contributed by atoms with Crippen molar-refractivity contribution in [2.24, 2.45) is 0 Å². The number of rotatable bonds is 4. The molecule has 1 aliphatic rings. The largest absolute Gasteiger partial charge is 0.349 e. The second-order valence-electron chi connectivity index (χ2n) is 8.45. The van der Waals surface area contributed by atoms with Crippen LogP contribution in [0.5, 0.6) is 0 Å². The van der Waals surface area contributed by atoms with Crippen molar-refractivity contribution in [1.29, 1.82) is 0 Å². The summed E-state index contributed by atoms with van der Waals surface area (Å²) in [5.41, 5.74) is 3.36. The number of para-hydroxylation sites is 3. The van der Waals surface area contributed by atoms with Gasteiger partial charge in [0.25, 0.3) is 5.56 Å². The van der Waals surface area contributed by atoms with Gasteiger partial charge >= 0.3 is 0 Å². The Morgan fingerprint density at radius 2 is 1.74 bits per heavy atom. The first-order valence-corrected chi connectivity index (χ1v) is 12.4. The number of nitrogens with zero attached hydrogens (tertiary/aromatic N) is 3. The molecule has 0 spiro atoms. The van der Waals surface area contributed by atoms with Crippen molar-refractivity contribution >= 4 is 45.3 Å². The highest BCUT2D eigenvalue weighted by Gasteiger charge is 2.24. The molecule has 0 saturated carbocycles. The lowest BCUT2D eigenvalue weighted by Gasteiger charge is -2.29. The minimum Gasteiger partial charge on any atom is -0.349 e. The number of fused-ring (bicyclic) bond motifs is 4. The second-order valence-corrected chi connectivity index (χ2v) is 9.39. The van der Waals surface area contributed by atoms with Crippen LogP contribution in [0, 0.1) is 5.82 Å². The summed E-state index contributed by atoms with van der Waals surface area (Å²) in [4.78, 5) is 36.5. The average Bonchev–Trinajstić information content (AvgIpc) is 3.27. The molecule has 0 bridgehead atoms. The number of halogens is 1. The number of nitrogens with one attached hydrogen (secondary N) is 1. The van der Waals surface area contributed by atoms with Gasteiger partial charge in [0.2, 0.25) is 5.91 Å². The van der Waals surface area contributed by atoms with Crippen molar-refractivity contribution in [3.8, 4) is 5.69 Å². The highest BCUT2D eigenvalue weighted by atomic mass is 32.2. The number of carbonyl (C=O) groups excluding carboxylic acids is 1. The molecule has 0 radical (unpaired) electrons. The fourth-order valence-corrected chi connectivity index (χ4v) is 5.56. The van der Waals surface area contributed by atoms with Gasteiger partial charge in [0.15, 0.2) is 5.16 Å². The zero-order valence-electron chi connectivity index (χ0n) is 18.7. The van der Waals surface area contributed by atoms with Gasteiger partial charge in [0, 0.05) is 23.1 Å². The van der Waals surface area contributed by atoms with Crippen LogP contribution in [0.25, 0.3) is 27.6 Å². The van der Waals surface area contributed by atoms with Gasteiger partial charge in [0.05, 0.1) is 11.4 Å². The van der Waals surface area contributed by atoms with Crippen molar-refractivity contribution in [3.63, 3.8) is 0 Å². The van der Waals surface area contributed by atoms with Gasteiger partial charge < -0.3 is 9.88 Å². The third kappa shape index (κ3) is 3.70. The van der Waals surface area contributed by atoms with Gasteiger partial charge in [-0.15, -0.1) is 0 Å². The number of thioether (sulfide) groups is 1. The zero-order chi connectivity index (χ0) is 23.9. The second kappa shape index (κ2) is 8.70. The fourth-order valence-electron chi connectivity index (χ4n) is 4.68. The minimum atomic E-state index is -0.537. The maximum atomic E-state index is 14.8. The molecule has 1 aliphatic heterocycles. The molecule has 1 N–H and O–H groups in total. The molecule has 8 heteroatoms. The quantitative estimate of drug-likeness (QED) is 0.285. The maximum Gasteiger partial charge on any atom is 0.283 e. The third-order valence-electron chi connectivity index (χ3n) is 6.32. The number of aromatic nitrogens is 3. The molecule has 6 rings (SSSR count). The van der Waals surface area contributed by atoms with Crippen LogP contribution in [0.4, 0.5) is 10.1 Å².